The molecule has 0 unspecified atom stereocenters. The molecule has 0 spiro atoms. The molecule has 2 N–H and O–H groups in total. The van der Waals surface area contributed by atoms with Crippen molar-refractivity contribution in [3.63, 3.8) is 0 Å². The van der Waals surface area contributed by atoms with Crippen molar-refractivity contribution in [1.29, 1.82) is 0 Å². The fourth-order valence-electron chi connectivity index (χ4n) is 3.05. The maximum atomic E-state index is 5.94. The van der Waals surface area contributed by atoms with Crippen LogP contribution in [0.4, 0.5) is 0 Å². The first-order valence-electron chi connectivity index (χ1n) is 7.90. The summed E-state index contributed by atoms with van der Waals surface area (Å²) >= 11 is 0. The molecule has 5 heteroatoms. The fourth-order valence-corrected chi connectivity index (χ4v) is 3.05. The van der Waals surface area contributed by atoms with Crippen molar-refractivity contribution in [1.82, 2.24) is 15.3 Å². The van der Waals surface area contributed by atoms with Crippen molar-refractivity contribution in [3.05, 3.63) is 41.0 Å². The van der Waals surface area contributed by atoms with Crippen molar-refractivity contribution >= 4 is 0 Å². The largest absolute Gasteiger partial charge is 0.493 e. The molecule has 1 aliphatic heterocycles. The first-order chi connectivity index (χ1) is 10.8. The third-order valence-corrected chi connectivity index (χ3v) is 4.03. The van der Waals surface area contributed by atoms with Crippen molar-refractivity contribution < 1.29 is 9.47 Å². The zero-order chi connectivity index (χ0) is 15.5. The average molecular weight is 301 g/mol. The summed E-state index contributed by atoms with van der Waals surface area (Å²) in [5, 5.41) is 3.55. The summed E-state index contributed by atoms with van der Waals surface area (Å²) in [5.41, 5.74) is 4.44. The van der Waals surface area contributed by atoms with E-state index in [2.05, 4.69) is 21.4 Å². The van der Waals surface area contributed by atoms with Gasteiger partial charge < -0.3 is 19.8 Å². The van der Waals surface area contributed by atoms with E-state index >= 15 is 0 Å². The van der Waals surface area contributed by atoms with Gasteiger partial charge in [0, 0.05) is 29.8 Å². The van der Waals surface area contributed by atoms with Gasteiger partial charge in [-0.25, -0.2) is 4.98 Å². The minimum absolute atomic E-state index is 0.0610. The number of fused-ring (bicyclic) bond motifs is 1. The Balaban J connectivity index is 2.06. The van der Waals surface area contributed by atoms with Gasteiger partial charge in [-0.15, -0.1) is 0 Å². The van der Waals surface area contributed by atoms with E-state index in [-0.39, 0.29) is 6.04 Å². The van der Waals surface area contributed by atoms with E-state index in [0.29, 0.717) is 13.2 Å². The third kappa shape index (κ3) is 2.57. The second-order valence-electron chi connectivity index (χ2n) is 5.38. The minimum atomic E-state index is 0.0610. The van der Waals surface area contributed by atoms with E-state index in [4.69, 9.17) is 9.47 Å². The summed E-state index contributed by atoms with van der Waals surface area (Å²) in [5.74, 6) is 1.79. The summed E-state index contributed by atoms with van der Waals surface area (Å²) in [6, 6.07) is 4.18. The molecule has 5 nitrogen and oxygen atoms in total. The Bertz CT molecular complexity index is 651. The second-order valence-corrected chi connectivity index (χ2v) is 5.38. The van der Waals surface area contributed by atoms with Crippen LogP contribution >= 0.6 is 0 Å². The molecule has 1 atom stereocenters. The number of hydrogen-bond acceptors (Lipinski definition) is 4. The van der Waals surface area contributed by atoms with E-state index in [1.54, 1.807) is 6.33 Å². The molecule has 22 heavy (non-hydrogen) atoms. The van der Waals surface area contributed by atoms with Gasteiger partial charge in [0.25, 0.3) is 0 Å². The molecule has 0 saturated heterocycles. The fraction of sp³-hybridized carbons (Fsp3) is 0.471. The molecular weight excluding hydrogens is 278 g/mol. The highest BCUT2D eigenvalue weighted by atomic mass is 16.5. The molecule has 0 fully saturated rings. The van der Waals surface area contributed by atoms with E-state index < -0.39 is 0 Å². The molecule has 2 heterocycles. The molecule has 1 aromatic carbocycles. The summed E-state index contributed by atoms with van der Waals surface area (Å²) < 4.78 is 11.6. The Hall–Kier alpha value is -2.01. The lowest BCUT2D eigenvalue weighted by Gasteiger charge is -2.26. The van der Waals surface area contributed by atoms with Gasteiger partial charge in [0.2, 0.25) is 0 Å². The molecule has 1 aliphatic rings. The third-order valence-electron chi connectivity index (χ3n) is 4.03. The quantitative estimate of drug-likeness (QED) is 0.891. The molecule has 0 saturated carbocycles. The van der Waals surface area contributed by atoms with Gasteiger partial charge in [0.1, 0.15) is 11.5 Å². The molecule has 0 aliphatic carbocycles. The van der Waals surface area contributed by atoms with Gasteiger partial charge in [0.15, 0.2) is 0 Å². The van der Waals surface area contributed by atoms with E-state index in [0.717, 1.165) is 41.3 Å². The van der Waals surface area contributed by atoms with Gasteiger partial charge in [-0.1, -0.05) is 0 Å². The molecule has 0 bridgehead atoms. The minimum Gasteiger partial charge on any atom is -0.493 e. The normalized spacial score (nSPS) is 17.1. The van der Waals surface area contributed by atoms with E-state index in [1.807, 2.05) is 26.8 Å². The van der Waals surface area contributed by atoms with Crippen LogP contribution in [0.1, 0.15) is 42.4 Å². The number of imidazole rings is 1. The number of H-pyrrole nitrogens is 1. The van der Waals surface area contributed by atoms with Crippen molar-refractivity contribution in [2.45, 2.75) is 33.2 Å². The topological polar surface area (TPSA) is 59.2 Å². The van der Waals surface area contributed by atoms with Crippen LogP contribution in [0.5, 0.6) is 11.5 Å². The number of rotatable bonds is 5. The summed E-state index contributed by atoms with van der Waals surface area (Å²) in [6.07, 6.45) is 2.75. The number of aromatic amines is 1. The summed E-state index contributed by atoms with van der Waals surface area (Å²) in [4.78, 5) is 7.74. The van der Waals surface area contributed by atoms with Gasteiger partial charge in [0.05, 0.1) is 31.3 Å². The van der Waals surface area contributed by atoms with Crippen molar-refractivity contribution in [3.8, 4) is 11.5 Å². The summed E-state index contributed by atoms with van der Waals surface area (Å²) in [7, 11) is 0. The van der Waals surface area contributed by atoms with Crippen LogP contribution in [0.25, 0.3) is 0 Å². The van der Waals surface area contributed by atoms with Crippen molar-refractivity contribution in [2.75, 3.05) is 19.8 Å². The number of benzene rings is 1. The zero-order valence-electron chi connectivity index (χ0n) is 13.4. The molecule has 0 amide bonds. The number of ether oxygens (including phenoxy) is 2. The van der Waals surface area contributed by atoms with Crippen LogP contribution in [-0.2, 0) is 6.42 Å². The summed E-state index contributed by atoms with van der Waals surface area (Å²) in [6.45, 7) is 8.25. The van der Waals surface area contributed by atoms with Crippen LogP contribution in [0.3, 0.4) is 0 Å². The Morgan fingerprint density at radius 3 is 2.82 bits per heavy atom. The van der Waals surface area contributed by atoms with Gasteiger partial charge >= 0.3 is 0 Å². The highest BCUT2D eigenvalue weighted by Gasteiger charge is 2.27. The van der Waals surface area contributed by atoms with Crippen molar-refractivity contribution in [2.24, 2.45) is 0 Å². The zero-order valence-corrected chi connectivity index (χ0v) is 13.4. The predicted octanol–water partition coefficient (Wildman–Crippen LogP) is 2.75. The van der Waals surface area contributed by atoms with Gasteiger partial charge in [-0.05, 0) is 32.9 Å². The highest BCUT2D eigenvalue weighted by molar-refractivity contribution is 5.52. The maximum Gasteiger partial charge on any atom is 0.131 e. The van der Waals surface area contributed by atoms with E-state index in [9.17, 15) is 0 Å². The molecule has 0 radical (unpaired) electrons. The van der Waals surface area contributed by atoms with Gasteiger partial charge in [-0.2, -0.15) is 0 Å². The number of aromatic nitrogens is 2. The van der Waals surface area contributed by atoms with E-state index in [1.165, 1.54) is 5.69 Å². The lowest BCUT2D eigenvalue weighted by atomic mass is 9.95. The monoisotopic (exact) mass is 301 g/mol. The van der Waals surface area contributed by atoms with Gasteiger partial charge in [-0.3, -0.25) is 0 Å². The molecule has 2 aromatic rings. The number of nitrogens with one attached hydrogen (secondary N) is 2. The Labute approximate surface area is 131 Å². The lowest BCUT2D eigenvalue weighted by Crippen LogP contribution is -2.31. The van der Waals surface area contributed by atoms with Crippen LogP contribution in [0.2, 0.25) is 0 Å². The molecule has 1 aromatic heterocycles. The average Bonchev–Trinajstić information content (AvgIpc) is 3.00. The second kappa shape index (κ2) is 6.40. The Kier molecular flexibility index (Phi) is 4.34. The highest BCUT2D eigenvalue weighted by Crippen LogP contribution is 2.38. The standard InChI is InChI=1S/C17H23N3O2/c1-4-21-14-7-6-12(17(11(14)3)22-5-2)15-16-13(8-9-18-15)19-10-20-16/h6-7,10,15,18H,4-5,8-9H2,1-3H3,(H,19,20)/t15-/m0/s1. The first kappa shape index (κ1) is 14.9. The number of hydrogen-bond donors (Lipinski definition) is 2. The van der Waals surface area contributed by atoms with Crippen LogP contribution in [0.15, 0.2) is 18.5 Å². The molecular formula is C17H23N3O2. The Morgan fingerprint density at radius 2 is 2.05 bits per heavy atom. The predicted molar refractivity (Wildman–Crippen MR) is 85.7 cm³/mol. The maximum absolute atomic E-state index is 5.94. The first-order valence-corrected chi connectivity index (χ1v) is 7.90. The van der Waals surface area contributed by atoms with Crippen LogP contribution < -0.4 is 14.8 Å². The van der Waals surface area contributed by atoms with Crippen LogP contribution in [0, 0.1) is 6.92 Å². The van der Waals surface area contributed by atoms with Crippen LogP contribution in [-0.4, -0.2) is 29.7 Å². The smallest absolute Gasteiger partial charge is 0.131 e. The molecule has 118 valence electrons. The lowest BCUT2D eigenvalue weighted by molar-refractivity contribution is 0.314. The SMILES string of the molecule is CCOc1ccc([C@@H]2NCCc3[nH]cnc32)c(OCC)c1C. The number of nitrogens with zero attached hydrogens (tertiary/aromatic N) is 1. The molecule has 3 rings (SSSR count). The Morgan fingerprint density at radius 1 is 1.23 bits per heavy atom.